The Labute approximate surface area is 104 Å². The number of benzene rings is 2. The minimum atomic E-state index is -1.49. The van der Waals surface area contributed by atoms with Crippen molar-refractivity contribution in [1.82, 2.24) is 0 Å². The molecule has 1 N–H and O–H groups in total. The van der Waals surface area contributed by atoms with E-state index in [2.05, 4.69) is 37.8 Å². The van der Waals surface area contributed by atoms with E-state index >= 15 is 0 Å². The molecule has 0 fully saturated rings. The maximum atomic E-state index is 9.95. The minimum absolute atomic E-state index is 0.434. The lowest BCUT2D eigenvalue weighted by molar-refractivity contribution is 0.479. The van der Waals surface area contributed by atoms with Crippen molar-refractivity contribution in [2.24, 2.45) is 0 Å². The summed E-state index contributed by atoms with van der Waals surface area (Å²) in [6.45, 7) is 6.74. The Bertz CT molecular complexity index is 512. The first-order valence-electron chi connectivity index (χ1n) is 5.87. The first kappa shape index (κ1) is 11.9. The molecule has 17 heavy (non-hydrogen) atoms. The molecule has 0 amide bonds. The highest BCUT2D eigenvalue weighted by molar-refractivity contribution is 6.89. The van der Waals surface area contributed by atoms with Crippen LogP contribution in [0.2, 0.25) is 19.6 Å². The van der Waals surface area contributed by atoms with Crippen molar-refractivity contribution >= 4 is 13.3 Å². The summed E-state index contributed by atoms with van der Waals surface area (Å²) in [6.07, 6.45) is 0. The van der Waals surface area contributed by atoms with E-state index in [0.717, 1.165) is 5.19 Å². The van der Waals surface area contributed by atoms with Crippen LogP contribution in [0.15, 0.2) is 48.5 Å². The molecule has 0 atom stereocenters. The topological polar surface area (TPSA) is 20.2 Å². The van der Waals surface area contributed by atoms with Crippen molar-refractivity contribution in [1.29, 1.82) is 0 Å². The summed E-state index contributed by atoms with van der Waals surface area (Å²) in [5, 5.41) is 11.1. The molecule has 0 unspecified atom stereocenters. The van der Waals surface area contributed by atoms with Crippen LogP contribution in [0.4, 0.5) is 0 Å². The third-order valence-corrected chi connectivity index (χ3v) is 4.93. The molecular formula is C15H18OSi. The third-order valence-electron chi connectivity index (χ3n) is 2.91. The Hall–Kier alpha value is -1.54. The van der Waals surface area contributed by atoms with E-state index in [4.69, 9.17) is 0 Å². The van der Waals surface area contributed by atoms with Crippen molar-refractivity contribution in [2.45, 2.75) is 19.6 Å². The lowest BCUT2D eigenvalue weighted by Crippen LogP contribution is -2.37. The molecule has 1 nitrogen and oxygen atoms in total. The van der Waals surface area contributed by atoms with Crippen LogP contribution in [-0.2, 0) is 0 Å². The van der Waals surface area contributed by atoms with Crippen molar-refractivity contribution < 1.29 is 5.11 Å². The molecule has 0 radical (unpaired) electrons. The van der Waals surface area contributed by atoms with Crippen molar-refractivity contribution in [2.75, 3.05) is 0 Å². The van der Waals surface area contributed by atoms with Crippen LogP contribution in [-0.4, -0.2) is 13.2 Å². The summed E-state index contributed by atoms with van der Waals surface area (Å²) in [7, 11) is -1.49. The predicted octanol–water partition coefficient (Wildman–Crippen LogP) is 3.60. The Morgan fingerprint density at radius 1 is 0.824 bits per heavy atom. The van der Waals surface area contributed by atoms with E-state index in [1.165, 1.54) is 11.1 Å². The smallest absolute Gasteiger partial charge is 0.114 e. The van der Waals surface area contributed by atoms with E-state index in [-0.39, 0.29) is 0 Å². The standard InChI is InChI=1S/C15H18OSi/c1-17(2,3)15-11-13(9-10-14(15)16)12-7-5-4-6-8-12/h4-11,16H,1-3H3. The van der Waals surface area contributed by atoms with Gasteiger partial charge in [-0.1, -0.05) is 62.1 Å². The maximum Gasteiger partial charge on any atom is 0.114 e. The second-order valence-electron chi connectivity index (χ2n) is 5.35. The second-order valence-corrected chi connectivity index (χ2v) is 10.4. The fourth-order valence-corrected chi connectivity index (χ4v) is 3.39. The zero-order valence-electron chi connectivity index (χ0n) is 10.6. The molecule has 0 saturated carbocycles. The van der Waals surface area contributed by atoms with Gasteiger partial charge < -0.3 is 5.11 Å². The SMILES string of the molecule is C[Si](C)(C)c1cc(-c2ccccc2)ccc1O. The number of phenols is 1. The summed E-state index contributed by atoms with van der Waals surface area (Å²) >= 11 is 0. The van der Waals surface area contributed by atoms with Gasteiger partial charge in [-0.2, -0.15) is 0 Å². The third kappa shape index (κ3) is 2.59. The molecule has 2 aromatic rings. The van der Waals surface area contributed by atoms with Gasteiger partial charge in [0.1, 0.15) is 5.75 Å². The Morgan fingerprint density at radius 3 is 2.06 bits per heavy atom. The average molecular weight is 242 g/mol. The fourth-order valence-electron chi connectivity index (χ4n) is 1.95. The Morgan fingerprint density at radius 2 is 1.47 bits per heavy atom. The van der Waals surface area contributed by atoms with Crippen LogP contribution in [0.5, 0.6) is 5.75 Å². The highest BCUT2D eigenvalue weighted by Crippen LogP contribution is 2.22. The summed E-state index contributed by atoms with van der Waals surface area (Å²) in [4.78, 5) is 0. The van der Waals surface area contributed by atoms with Gasteiger partial charge in [-0.15, -0.1) is 0 Å². The van der Waals surface area contributed by atoms with Crippen LogP contribution in [0, 0.1) is 0 Å². The van der Waals surface area contributed by atoms with E-state index < -0.39 is 8.07 Å². The molecule has 0 aromatic heterocycles. The molecule has 0 bridgehead atoms. The molecule has 0 aliphatic heterocycles. The van der Waals surface area contributed by atoms with Gasteiger partial charge in [0.05, 0.1) is 8.07 Å². The molecule has 2 rings (SSSR count). The summed E-state index contributed by atoms with van der Waals surface area (Å²) in [5.74, 6) is 0.434. The molecule has 2 aromatic carbocycles. The van der Waals surface area contributed by atoms with Crippen LogP contribution in [0.25, 0.3) is 11.1 Å². The largest absolute Gasteiger partial charge is 0.508 e. The van der Waals surface area contributed by atoms with Gasteiger partial charge in [0.15, 0.2) is 0 Å². The number of hydrogen-bond donors (Lipinski definition) is 1. The van der Waals surface area contributed by atoms with E-state index in [0.29, 0.717) is 5.75 Å². The van der Waals surface area contributed by atoms with Crippen molar-refractivity contribution in [3.05, 3.63) is 48.5 Å². The fraction of sp³-hybridized carbons (Fsp3) is 0.200. The number of hydrogen-bond acceptors (Lipinski definition) is 1. The zero-order chi connectivity index (χ0) is 12.5. The first-order chi connectivity index (χ1) is 7.98. The minimum Gasteiger partial charge on any atom is -0.508 e. The summed E-state index contributed by atoms with van der Waals surface area (Å²) in [5.41, 5.74) is 2.38. The molecule has 2 heteroatoms. The van der Waals surface area contributed by atoms with Gasteiger partial charge in [-0.3, -0.25) is 0 Å². The molecule has 0 aliphatic rings. The van der Waals surface area contributed by atoms with E-state index in [1.807, 2.05) is 30.3 Å². The predicted molar refractivity (Wildman–Crippen MR) is 76.5 cm³/mol. The van der Waals surface area contributed by atoms with Gasteiger partial charge >= 0.3 is 0 Å². The van der Waals surface area contributed by atoms with Crippen LogP contribution in [0.3, 0.4) is 0 Å². The average Bonchev–Trinajstić information content (AvgIpc) is 2.29. The van der Waals surface area contributed by atoms with E-state index in [1.54, 1.807) is 0 Å². The molecule has 88 valence electrons. The van der Waals surface area contributed by atoms with Crippen molar-refractivity contribution in [3.63, 3.8) is 0 Å². The van der Waals surface area contributed by atoms with Gasteiger partial charge in [0, 0.05) is 0 Å². The Kier molecular flexibility index (Phi) is 3.07. The van der Waals surface area contributed by atoms with Gasteiger partial charge in [0.25, 0.3) is 0 Å². The number of rotatable bonds is 2. The van der Waals surface area contributed by atoms with Crippen LogP contribution in [0.1, 0.15) is 0 Å². The van der Waals surface area contributed by atoms with Gasteiger partial charge in [-0.25, -0.2) is 0 Å². The molecule has 0 saturated heterocycles. The summed E-state index contributed by atoms with van der Waals surface area (Å²) in [6, 6.07) is 16.2. The number of aromatic hydroxyl groups is 1. The van der Waals surface area contributed by atoms with Gasteiger partial charge in [0.2, 0.25) is 0 Å². The monoisotopic (exact) mass is 242 g/mol. The van der Waals surface area contributed by atoms with Gasteiger partial charge in [-0.05, 0) is 22.4 Å². The van der Waals surface area contributed by atoms with Crippen LogP contribution < -0.4 is 5.19 Å². The molecule has 0 heterocycles. The quantitative estimate of drug-likeness (QED) is 0.798. The second kappa shape index (κ2) is 4.38. The maximum absolute atomic E-state index is 9.95. The van der Waals surface area contributed by atoms with E-state index in [9.17, 15) is 5.11 Å². The van der Waals surface area contributed by atoms with Crippen LogP contribution >= 0.6 is 0 Å². The molecule has 0 spiro atoms. The first-order valence-corrected chi connectivity index (χ1v) is 9.37. The molecule has 0 aliphatic carbocycles. The highest BCUT2D eigenvalue weighted by atomic mass is 28.3. The lowest BCUT2D eigenvalue weighted by Gasteiger charge is -2.19. The Balaban J connectivity index is 2.53. The van der Waals surface area contributed by atoms with Crippen molar-refractivity contribution in [3.8, 4) is 16.9 Å². The lowest BCUT2D eigenvalue weighted by atomic mass is 10.1. The normalized spacial score (nSPS) is 11.5. The molecular weight excluding hydrogens is 224 g/mol. The highest BCUT2D eigenvalue weighted by Gasteiger charge is 2.20. The number of phenolic OH excluding ortho intramolecular Hbond substituents is 1. The zero-order valence-corrected chi connectivity index (χ0v) is 11.6. The summed E-state index contributed by atoms with van der Waals surface area (Å²) < 4.78 is 0.